The first-order valence-corrected chi connectivity index (χ1v) is 9.89. The fourth-order valence-electron chi connectivity index (χ4n) is 2.30. The fraction of sp³-hybridized carbons (Fsp3) is 0.167. The molecule has 11 heteroatoms. The van der Waals surface area contributed by atoms with Gasteiger partial charge in [0, 0.05) is 17.0 Å². The number of aromatic amines is 1. The van der Waals surface area contributed by atoms with Crippen LogP contribution in [0.4, 0.5) is 13.2 Å². The van der Waals surface area contributed by atoms with Crippen LogP contribution in [0.15, 0.2) is 51.7 Å². The second-order valence-corrected chi connectivity index (χ2v) is 7.54. The number of alkyl halides is 3. The monoisotopic (exact) mass is 436 g/mol. The lowest BCUT2D eigenvalue weighted by molar-refractivity contribution is -0.141. The molecule has 1 aromatic carbocycles. The second-order valence-electron chi connectivity index (χ2n) is 5.69. The normalized spacial score (nSPS) is 12.3. The van der Waals surface area contributed by atoms with Crippen molar-refractivity contribution in [1.82, 2.24) is 15.0 Å². The number of thioether (sulfide) groups is 1. The number of ketones is 1. The third kappa shape index (κ3) is 5.10. The molecule has 1 N–H and O–H groups in total. The van der Waals surface area contributed by atoms with Crippen LogP contribution in [-0.4, -0.2) is 26.5 Å². The van der Waals surface area contributed by atoms with Crippen LogP contribution in [0.5, 0.6) is 0 Å². The summed E-state index contributed by atoms with van der Waals surface area (Å²) in [4.78, 5) is 33.6. The van der Waals surface area contributed by atoms with Gasteiger partial charge in [0.2, 0.25) is 0 Å². The Labute approximate surface area is 170 Å². The highest BCUT2D eigenvalue weighted by atomic mass is 32.2. The molecule has 1 unspecified atom stereocenters. The molecule has 0 aliphatic rings. The van der Waals surface area contributed by atoms with E-state index in [4.69, 9.17) is 0 Å². The molecular weight excluding hydrogens is 425 g/mol. The molecule has 0 amide bonds. The van der Waals surface area contributed by atoms with Gasteiger partial charge in [0.05, 0.1) is 17.5 Å². The van der Waals surface area contributed by atoms with E-state index in [9.17, 15) is 28.0 Å². The maximum Gasteiger partial charge on any atom is 0.433 e. The van der Waals surface area contributed by atoms with Crippen LogP contribution in [0.1, 0.15) is 16.6 Å². The Hall–Kier alpha value is -2.97. The maximum atomic E-state index is 12.8. The zero-order valence-corrected chi connectivity index (χ0v) is 16.1. The molecule has 0 saturated carbocycles. The van der Waals surface area contributed by atoms with E-state index in [1.165, 1.54) is 0 Å². The van der Waals surface area contributed by atoms with Crippen molar-refractivity contribution in [1.29, 1.82) is 5.26 Å². The van der Waals surface area contributed by atoms with Gasteiger partial charge in [-0.3, -0.25) is 9.59 Å². The molecule has 148 valence electrons. The molecule has 6 nitrogen and oxygen atoms in total. The molecule has 0 radical (unpaired) electrons. The summed E-state index contributed by atoms with van der Waals surface area (Å²) in [6.07, 6.45) is -4.78. The Morgan fingerprint density at radius 3 is 2.66 bits per heavy atom. The minimum absolute atomic E-state index is 0.294. The number of hydrogen-bond acceptors (Lipinski definition) is 7. The number of carbonyl (C=O) groups excluding carboxylic acids is 1. The summed E-state index contributed by atoms with van der Waals surface area (Å²) >= 11 is 1.77. The van der Waals surface area contributed by atoms with E-state index in [-0.39, 0.29) is 10.9 Å². The first-order valence-electron chi connectivity index (χ1n) is 8.02. The van der Waals surface area contributed by atoms with Crippen molar-refractivity contribution in [3.8, 4) is 17.3 Å². The van der Waals surface area contributed by atoms with Gasteiger partial charge in [-0.25, -0.2) is 9.97 Å². The molecule has 3 rings (SSSR count). The van der Waals surface area contributed by atoms with Gasteiger partial charge in [-0.05, 0) is 0 Å². The first-order chi connectivity index (χ1) is 13.8. The molecule has 29 heavy (non-hydrogen) atoms. The number of aromatic nitrogens is 3. The highest BCUT2D eigenvalue weighted by molar-refractivity contribution is 7.99. The van der Waals surface area contributed by atoms with E-state index in [2.05, 4.69) is 15.0 Å². The summed E-state index contributed by atoms with van der Waals surface area (Å²) < 4.78 is 38.3. The average molecular weight is 436 g/mol. The Kier molecular flexibility index (Phi) is 6.14. The Bertz CT molecular complexity index is 1120. The summed E-state index contributed by atoms with van der Waals surface area (Å²) in [6.45, 7) is 0. The molecule has 0 aliphatic heterocycles. The maximum absolute atomic E-state index is 12.8. The number of nitrogens with one attached hydrogen (secondary N) is 1. The Morgan fingerprint density at radius 2 is 2.00 bits per heavy atom. The number of nitriles is 1. The van der Waals surface area contributed by atoms with E-state index in [0.29, 0.717) is 28.5 Å². The molecule has 0 bridgehead atoms. The third-order valence-electron chi connectivity index (χ3n) is 3.65. The van der Waals surface area contributed by atoms with Crippen molar-refractivity contribution in [3.63, 3.8) is 0 Å². The quantitative estimate of drug-likeness (QED) is 0.465. The van der Waals surface area contributed by atoms with Gasteiger partial charge in [0.15, 0.2) is 22.6 Å². The fourth-order valence-corrected chi connectivity index (χ4v) is 3.97. The topological polar surface area (TPSA) is 99.5 Å². The molecule has 0 aliphatic carbocycles. The van der Waals surface area contributed by atoms with Crippen LogP contribution < -0.4 is 5.56 Å². The van der Waals surface area contributed by atoms with Crippen LogP contribution in [0.25, 0.3) is 11.3 Å². The number of nitrogens with zero attached hydrogens (tertiary/aromatic N) is 3. The third-order valence-corrected chi connectivity index (χ3v) is 5.46. The molecule has 1 atom stereocenters. The predicted octanol–water partition coefficient (Wildman–Crippen LogP) is 3.88. The van der Waals surface area contributed by atoms with E-state index >= 15 is 0 Å². The lowest BCUT2D eigenvalue weighted by Crippen LogP contribution is -2.18. The standard InChI is InChI=1S/C18H11F3N4O2S2/c19-18(20,21)14-6-15(27)25-17(24-14)29-9-13(26)11(7-22)16-23-12(8-28-16)10-4-2-1-3-5-10/h1-6,8,11H,9H2,(H,24,25,27). The van der Waals surface area contributed by atoms with Gasteiger partial charge in [-0.1, -0.05) is 42.1 Å². The van der Waals surface area contributed by atoms with Gasteiger partial charge in [0.1, 0.15) is 5.01 Å². The molecular formula is C18H11F3N4O2S2. The van der Waals surface area contributed by atoms with E-state index in [0.717, 1.165) is 16.9 Å². The Balaban J connectivity index is 1.73. The van der Waals surface area contributed by atoms with Crippen LogP contribution in [0.2, 0.25) is 0 Å². The molecule has 2 aromatic heterocycles. The average Bonchev–Trinajstić information content (AvgIpc) is 3.16. The molecule has 0 fully saturated rings. The van der Waals surface area contributed by atoms with E-state index < -0.39 is 29.1 Å². The number of thiazole rings is 1. The summed E-state index contributed by atoms with van der Waals surface area (Å²) in [5.74, 6) is -2.06. The van der Waals surface area contributed by atoms with Crippen molar-refractivity contribution in [3.05, 3.63) is 62.8 Å². The lowest BCUT2D eigenvalue weighted by Gasteiger charge is -2.08. The summed E-state index contributed by atoms with van der Waals surface area (Å²) in [7, 11) is 0. The largest absolute Gasteiger partial charge is 0.433 e. The zero-order valence-electron chi connectivity index (χ0n) is 14.4. The minimum atomic E-state index is -4.78. The lowest BCUT2D eigenvalue weighted by atomic mass is 10.1. The van der Waals surface area contributed by atoms with Crippen molar-refractivity contribution >= 4 is 28.9 Å². The van der Waals surface area contributed by atoms with Crippen molar-refractivity contribution in [2.45, 2.75) is 17.3 Å². The molecule has 0 saturated heterocycles. The molecule has 0 spiro atoms. The van der Waals surface area contributed by atoms with Crippen LogP contribution >= 0.6 is 23.1 Å². The van der Waals surface area contributed by atoms with Crippen molar-refractivity contribution in [2.24, 2.45) is 0 Å². The van der Waals surface area contributed by atoms with Gasteiger partial charge < -0.3 is 4.98 Å². The first kappa shape index (κ1) is 20.8. The van der Waals surface area contributed by atoms with E-state index in [1.54, 1.807) is 5.38 Å². The molecule has 2 heterocycles. The smallest absolute Gasteiger partial charge is 0.301 e. The SMILES string of the molecule is N#CC(C(=O)CSc1nc(C(F)(F)F)cc(=O)[nH]1)c1nc(-c2ccccc2)cs1. The van der Waals surface area contributed by atoms with Gasteiger partial charge in [-0.2, -0.15) is 18.4 Å². The number of halogens is 3. The van der Waals surface area contributed by atoms with Crippen LogP contribution in [-0.2, 0) is 11.0 Å². The number of Topliss-reactive ketones (excluding diaryl/α,β-unsaturated/α-hetero) is 1. The molecule has 3 aromatic rings. The van der Waals surface area contributed by atoms with Crippen LogP contribution in [0.3, 0.4) is 0 Å². The van der Waals surface area contributed by atoms with E-state index in [1.807, 2.05) is 36.4 Å². The predicted molar refractivity (Wildman–Crippen MR) is 101 cm³/mol. The summed E-state index contributed by atoms with van der Waals surface area (Å²) in [6, 6.07) is 11.4. The minimum Gasteiger partial charge on any atom is -0.301 e. The number of H-pyrrole nitrogens is 1. The Morgan fingerprint density at radius 1 is 1.28 bits per heavy atom. The summed E-state index contributed by atoms with van der Waals surface area (Å²) in [5.41, 5.74) is -0.874. The van der Waals surface area contributed by atoms with Gasteiger partial charge in [-0.15, -0.1) is 11.3 Å². The van der Waals surface area contributed by atoms with Gasteiger partial charge >= 0.3 is 6.18 Å². The number of benzene rings is 1. The highest BCUT2D eigenvalue weighted by Gasteiger charge is 2.33. The number of carbonyl (C=O) groups is 1. The number of hydrogen-bond donors (Lipinski definition) is 1. The summed E-state index contributed by atoms with van der Waals surface area (Å²) in [5, 5.41) is 11.1. The number of rotatable bonds is 6. The van der Waals surface area contributed by atoms with Crippen molar-refractivity contribution in [2.75, 3.05) is 5.75 Å². The van der Waals surface area contributed by atoms with Gasteiger partial charge in [0.25, 0.3) is 5.56 Å². The van der Waals surface area contributed by atoms with Crippen LogP contribution in [0, 0.1) is 11.3 Å². The second kappa shape index (κ2) is 8.59. The highest BCUT2D eigenvalue weighted by Crippen LogP contribution is 2.29. The zero-order chi connectivity index (χ0) is 21.0. The van der Waals surface area contributed by atoms with Crippen molar-refractivity contribution < 1.29 is 18.0 Å².